The van der Waals surface area contributed by atoms with Gasteiger partial charge in [-0.05, 0) is 41.8 Å². The predicted molar refractivity (Wildman–Crippen MR) is 87.7 cm³/mol. The number of aliphatic imine (C=N–C) groups is 1. The molecule has 2 atom stereocenters. The van der Waals surface area contributed by atoms with E-state index in [2.05, 4.69) is 10.3 Å². The third-order valence-electron chi connectivity index (χ3n) is 3.66. The fourth-order valence-electron chi connectivity index (χ4n) is 2.59. The van der Waals surface area contributed by atoms with E-state index in [9.17, 15) is 4.39 Å². The molecule has 3 rings (SSSR count). The molecule has 0 aromatic heterocycles. The van der Waals surface area contributed by atoms with Gasteiger partial charge in [0, 0.05) is 0 Å². The first-order valence-corrected chi connectivity index (χ1v) is 7.59. The van der Waals surface area contributed by atoms with Gasteiger partial charge in [0.05, 0.1) is 22.1 Å². The van der Waals surface area contributed by atoms with Crippen LogP contribution in [0.25, 0.3) is 0 Å². The Bertz CT molecular complexity index is 733. The molecule has 0 fully saturated rings. The second kappa shape index (κ2) is 6.15. The van der Waals surface area contributed by atoms with Gasteiger partial charge in [-0.2, -0.15) is 0 Å². The van der Waals surface area contributed by atoms with Crippen LogP contribution in [0.15, 0.2) is 47.5 Å². The largest absolute Gasteiger partial charge is 0.370 e. The summed E-state index contributed by atoms with van der Waals surface area (Å²) in [6.45, 7) is 0. The highest BCUT2D eigenvalue weighted by molar-refractivity contribution is 6.42. The van der Waals surface area contributed by atoms with Crippen molar-refractivity contribution < 1.29 is 4.39 Å². The first-order chi connectivity index (χ1) is 10.5. The smallest absolute Gasteiger partial charge is 0.189 e. The van der Waals surface area contributed by atoms with Crippen LogP contribution in [-0.2, 0) is 0 Å². The molecule has 0 radical (unpaired) electrons. The zero-order valence-electron chi connectivity index (χ0n) is 11.6. The summed E-state index contributed by atoms with van der Waals surface area (Å²) in [4.78, 5) is 4.37. The molecular formula is C16H14Cl2FN3. The molecule has 114 valence electrons. The number of nitrogens with two attached hydrogens (primary N) is 1. The van der Waals surface area contributed by atoms with Crippen molar-refractivity contribution in [2.45, 2.75) is 18.5 Å². The van der Waals surface area contributed by atoms with Crippen molar-refractivity contribution in [2.75, 3.05) is 0 Å². The molecular weight excluding hydrogens is 324 g/mol. The van der Waals surface area contributed by atoms with Crippen molar-refractivity contribution in [2.24, 2.45) is 10.7 Å². The van der Waals surface area contributed by atoms with Crippen molar-refractivity contribution in [1.29, 1.82) is 0 Å². The molecule has 0 bridgehead atoms. The summed E-state index contributed by atoms with van der Waals surface area (Å²) in [6.07, 6.45) is 0.655. The predicted octanol–water partition coefficient (Wildman–Crippen LogP) is 4.22. The monoisotopic (exact) mass is 337 g/mol. The second-order valence-corrected chi connectivity index (χ2v) is 6.01. The molecule has 6 heteroatoms. The second-order valence-electron chi connectivity index (χ2n) is 5.19. The van der Waals surface area contributed by atoms with Crippen LogP contribution >= 0.6 is 23.2 Å². The van der Waals surface area contributed by atoms with Gasteiger partial charge >= 0.3 is 0 Å². The third-order valence-corrected chi connectivity index (χ3v) is 4.39. The number of nitrogens with zero attached hydrogens (tertiary/aromatic N) is 1. The Morgan fingerprint density at radius 3 is 2.64 bits per heavy atom. The van der Waals surface area contributed by atoms with Gasteiger partial charge in [0.2, 0.25) is 0 Å². The molecule has 3 N–H and O–H groups in total. The molecule has 2 aromatic rings. The summed E-state index contributed by atoms with van der Waals surface area (Å²) in [5.74, 6) is 0.0486. The van der Waals surface area contributed by atoms with Crippen molar-refractivity contribution in [3.05, 3.63) is 69.5 Å². The minimum absolute atomic E-state index is 0.0551. The van der Waals surface area contributed by atoms with Crippen molar-refractivity contribution in [1.82, 2.24) is 5.32 Å². The summed E-state index contributed by atoms with van der Waals surface area (Å²) >= 11 is 12.0. The lowest BCUT2D eigenvalue weighted by Crippen LogP contribution is -2.39. The average Bonchev–Trinajstić information content (AvgIpc) is 2.49. The molecule has 0 saturated heterocycles. The van der Waals surface area contributed by atoms with E-state index < -0.39 is 0 Å². The Kier molecular flexibility index (Phi) is 4.23. The Labute approximate surface area is 137 Å². The molecule has 22 heavy (non-hydrogen) atoms. The SMILES string of the molecule is NC1=NC(c2cccc(F)c2)CC(c2ccc(Cl)c(Cl)c2)N1. The van der Waals surface area contributed by atoms with Crippen LogP contribution in [-0.4, -0.2) is 5.96 Å². The van der Waals surface area contributed by atoms with Crippen molar-refractivity contribution in [3.63, 3.8) is 0 Å². The van der Waals surface area contributed by atoms with Crippen LogP contribution in [0.1, 0.15) is 29.6 Å². The molecule has 2 unspecified atom stereocenters. The summed E-state index contributed by atoms with van der Waals surface area (Å²) in [7, 11) is 0. The van der Waals surface area contributed by atoms with Crippen molar-refractivity contribution in [3.8, 4) is 0 Å². The van der Waals surface area contributed by atoms with Crippen LogP contribution in [0.4, 0.5) is 4.39 Å². The lowest BCUT2D eigenvalue weighted by molar-refractivity contribution is 0.485. The summed E-state index contributed by atoms with van der Waals surface area (Å²) in [5, 5.41) is 4.12. The number of hydrogen-bond donors (Lipinski definition) is 2. The lowest BCUT2D eigenvalue weighted by atomic mass is 9.94. The van der Waals surface area contributed by atoms with Gasteiger partial charge in [-0.3, -0.25) is 0 Å². The van der Waals surface area contributed by atoms with Crippen LogP contribution in [0.2, 0.25) is 10.0 Å². The van der Waals surface area contributed by atoms with E-state index in [0.717, 1.165) is 11.1 Å². The zero-order chi connectivity index (χ0) is 15.7. The molecule has 0 spiro atoms. The molecule has 1 aliphatic heterocycles. The number of nitrogens with one attached hydrogen (secondary N) is 1. The van der Waals surface area contributed by atoms with Gasteiger partial charge in [-0.25, -0.2) is 9.38 Å². The van der Waals surface area contributed by atoms with E-state index in [1.165, 1.54) is 12.1 Å². The van der Waals surface area contributed by atoms with Crippen LogP contribution < -0.4 is 11.1 Å². The fraction of sp³-hybridized carbons (Fsp3) is 0.188. The topological polar surface area (TPSA) is 50.4 Å². The van der Waals surface area contributed by atoms with Gasteiger partial charge < -0.3 is 11.1 Å². The van der Waals surface area contributed by atoms with E-state index in [1.807, 2.05) is 18.2 Å². The summed E-state index contributed by atoms with van der Waals surface area (Å²) < 4.78 is 13.4. The molecule has 0 aliphatic carbocycles. The van der Waals surface area contributed by atoms with Gasteiger partial charge in [0.1, 0.15) is 5.82 Å². The fourth-order valence-corrected chi connectivity index (χ4v) is 2.90. The molecule has 2 aromatic carbocycles. The Hall–Kier alpha value is -1.78. The molecule has 1 aliphatic rings. The van der Waals surface area contributed by atoms with Crippen LogP contribution in [0.3, 0.4) is 0 Å². The Morgan fingerprint density at radius 2 is 1.91 bits per heavy atom. The van der Waals surface area contributed by atoms with Crippen molar-refractivity contribution >= 4 is 29.2 Å². The minimum Gasteiger partial charge on any atom is -0.370 e. The maximum Gasteiger partial charge on any atom is 0.189 e. The highest BCUT2D eigenvalue weighted by Gasteiger charge is 2.25. The zero-order valence-corrected chi connectivity index (χ0v) is 13.1. The first-order valence-electron chi connectivity index (χ1n) is 6.83. The van der Waals surface area contributed by atoms with Gasteiger partial charge in [-0.1, -0.05) is 41.4 Å². The van der Waals surface area contributed by atoms with Crippen LogP contribution in [0, 0.1) is 5.82 Å². The molecule has 0 amide bonds. The molecule has 0 saturated carbocycles. The summed E-state index contributed by atoms with van der Waals surface area (Å²) in [6, 6.07) is 11.6. The maximum atomic E-state index is 13.4. The lowest BCUT2D eigenvalue weighted by Gasteiger charge is -2.29. The summed E-state index contributed by atoms with van der Waals surface area (Å²) in [5.41, 5.74) is 7.65. The van der Waals surface area contributed by atoms with Crippen LogP contribution in [0.5, 0.6) is 0 Å². The Morgan fingerprint density at radius 1 is 1.09 bits per heavy atom. The first kappa shape index (κ1) is 15.1. The third kappa shape index (κ3) is 3.18. The van der Waals surface area contributed by atoms with E-state index in [4.69, 9.17) is 28.9 Å². The van der Waals surface area contributed by atoms with E-state index in [0.29, 0.717) is 22.4 Å². The normalized spacial score (nSPS) is 21.1. The molecule has 1 heterocycles. The van der Waals surface area contributed by atoms with Gasteiger partial charge in [-0.15, -0.1) is 0 Å². The standard InChI is InChI=1S/C16H14Cl2FN3/c17-12-5-4-10(7-13(12)18)15-8-14(21-16(20)22-15)9-2-1-3-11(19)6-9/h1-7,14-15H,8H2,(H3,20,21,22). The average molecular weight is 338 g/mol. The number of halogens is 3. The highest BCUT2D eigenvalue weighted by Crippen LogP contribution is 2.34. The highest BCUT2D eigenvalue weighted by atomic mass is 35.5. The number of hydrogen-bond acceptors (Lipinski definition) is 3. The Balaban J connectivity index is 1.90. The number of guanidine groups is 1. The molecule has 3 nitrogen and oxygen atoms in total. The maximum absolute atomic E-state index is 13.4. The minimum atomic E-state index is -0.282. The number of benzene rings is 2. The van der Waals surface area contributed by atoms with Gasteiger partial charge in [0.25, 0.3) is 0 Å². The van der Waals surface area contributed by atoms with E-state index in [-0.39, 0.29) is 17.9 Å². The number of rotatable bonds is 2. The van der Waals surface area contributed by atoms with E-state index in [1.54, 1.807) is 12.1 Å². The van der Waals surface area contributed by atoms with Gasteiger partial charge in [0.15, 0.2) is 5.96 Å². The quantitative estimate of drug-likeness (QED) is 0.861. The van der Waals surface area contributed by atoms with E-state index >= 15 is 0 Å².